The molecule has 40 heavy (non-hydrogen) atoms. The van der Waals surface area contributed by atoms with Crippen LogP contribution >= 0.6 is 0 Å². The van der Waals surface area contributed by atoms with Crippen LogP contribution in [0.25, 0.3) is 11.1 Å². The van der Waals surface area contributed by atoms with Gasteiger partial charge in [0, 0.05) is 5.41 Å². The Kier molecular flexibility index (Phi) is 8.97. The van der Waals surface area contributed by atoms with Crippen LogP contribution in [0.5, 0.6) is 17.2 Å². The minimum atomic E-state index is -6.68. The molecule has 0 aliphatic carbocycles. The zero-order valence-electron chi connectivity index (χ0n) is 21.2. The molecule has 204 valence electrons. The topological polar surface area (TPSA) is 107 Å². The monoisotopic (exact) mass is 584 g/mol. The van der Waals surface area contributed by atoms with E-state index in [4.69, 9.17) is 0 Å². The molecule has 4 aromatic rings. The summed E-state index contributed by atoms with van der Waals surface area (Å²) in [5, 5.41) is 13.6. The third kappa shape index (κ3) is 5.98. The molecule has 0 amide bonds. The van der Waals surface area contributed by atoms with Gasteiger partial charge in [-0.15, -0.1) is 0 Å². The molecule has 4 aromatic carbocycles. The maximum absolute atomic E-state index is 13.7. The summed E-state index contributed by atoms with van der Waals surface area (Å²) in [6.45, 7) is 1.98. The number of phenols is 2. The summed E-state index contributed by atoms with van der Waals surface area (Å²) in [7, 11) is -6.68. The van der Waals surface area contributed by atoms with Crippen molar-refractivity contribution in [3.05, 3.63) is 114 Å². The first-order chi connectivity index (χ1) is 18.1. The van der Waals surface area contributed by atoms with Gasteiger partial charge in [0.25, 0.3) is 0 Å². The number of hydrogen-bond donors (Lipinski definition) is 2. The minimum Gasteiger partial charge on any atom is -0.743 e. The molecule has 0 fully saturated rings. The second-order valence-corrected chi connectivity index (χ2v) is 10.3. The predicted octanol–water partition coefficient (Wildman–Crippen LogP) is 3.23. The quantitative estimate of drug-likeness (QED) is 0.143. The number of rotatable bonds is 8. The second-order valence-electron chi connectivity index (χ2n) is 8.91. The fraction of sp³-hybridized carbons (Fsp3) is 0.143. The van der Waals surface area contributed by atoms with E-state index in [1.165, 1.54) is 12.1 Å². The third-order valence-electron chi connectivity index (χ3n) is 6.44. The van der Waals surface area contributed by atoms with Crippen LogP contribution in [0.1, 0.15) is 23.6 Å². The van der Waals surface area contributed by atoms with E-state index in [0.29, 0.717) is 11.1 Å². The van der Waals surface area contributed by atoms with E-state index in [-0.39, 0.29) is 41.1 Å². The number of benzene rings is 4. The summed E-state index contributed by atoms with van der Waals surface area (Å²) < 4.78 is 89.6. The Morgan fingerprint density at radius 3 is 1.32 bits per heavy atom. The molecule has 0 saturated carbocycles. The van der Waals surface area contributed by atoms with E-state index in [2.05, 4.69) is 4.74 Å². The molecule has 0 aliphatic heterocycles. The Hall–Kier alpha value is -3.09. The largest absolute Gasteiger partial charge is 1.00 e. The summed E-state index contributed by atoms with van der Waals surface area (Å²) in [5.41, 5.74) is 3.02. The molecule has 4 rings (SSSR count). The van der Waals surface area contributed by atoms with Gasteiger partial charge >= 0.3 is 40.9 Å². The number of alkyl halides is 4. The van der Waals surface area contributed by atoms with Crippen molar-refractivity contribution in [2.75, 3.05) is 0 Å². The molecule has 12 heteroatoms. The molecule has 6 nitrogen and oxygen atoms in total. The van der Waals surface area contributed by atoms with Crippen molar-refractivity contribution in [3.63, 3.8) is 0 Å². The first-order valence-corrected chi connectivity index (χ1v) is 12.8. The van der Waals surface area contributed by atoms with Crippen LogP contribution in [-0.2, 0) is 15.5 Å². The van der Waals surface area contributed by atoms with E-state index in [0.717, 1.165) is 28.8 Å². The van der Waals surface area contributed by atoms with E-state index in [9.17, 15) is 40.7 Å². The molecule has 0 aromatic heterocycles. The van der Waals surface area contributed by atoms with Crippen molar-refractivity contribution in [2.24, 2.45) is 0 Å². The first kappa shape index (κ1) is 31.4. The summed E-state index contributed by atoms with van der Waals surface area (Å²) in [6, 6.07) is 25.1. The van der Waals surface area contributed by atoms with Gasteiger partial charge < -0.3 is 19.5 Å². The molecular weight excluding hydrogens is 563 g/mol. The van der Waals surface area contributed by atoms with Crippen LogP contribution in [-0.4, -0.2) is 34.5 Å². The van der Waals surface area contributed by atoms with Crippen molar-refractivity contribution in [1.82, 2.24) is 0 Å². The fourth-order valence-corrected chi connectivity index (χ4v) is 4.49. The Morgan fingerprint density at radius 1 is 0.650 bits per heavy atom. The molecule has 0 bridgehead atoms. The van der Waals surface area contributed by atoms with E-state index < -0.39 is 32.6 Å². The maximum Gasteiger partial charge on any atom is 1.00 e. The second kappa shape index (κ2) is 11.4. The molecular formula is C28H21F4NaO6S. The van der Waals surface area contributed by atoms with Crippen LogP contribution < -0.4 is 34.3 Å². The molecule has 0 unspecified atom stereocenters. The van der Waals surface area contributed by atoms with Gasteiger partial charge in [0.2, 0.25) is 0 Å². The molecule has 0 spiro atoms. The Balaban J connectivity index is 0.00000441. The van der Waals surface area contributed by atoms with Crippen molar-refractivity contribution in [1.29, 1.82) is 0 Å². The summed E-state index contributed by atoms with van der Waals surface area (Å²) in [4.78, 5) is 0. The van der Waals surface area contributed by atoms with Gasteiger partial charge in [0.15, 0.2) is 10.1 Å². The normalized spacial score (nSPS) is 12.4. The van der Waals surface area contributed by atoms with Crippen LogP contribution in [0.3, 0.4) is 0 Å². The summed E-state index contributed by atoms with van der Waals surface area (Å²) in [6.07, 6.45) is -5.58. The van der Waals surface area contributed by atoms with Crippen LogP contribution in [0.4, 0.5) is 17.6 Å². The molecule has 0 aliphatic rings. The van der Waals surface area contributed by atoms with Crippen molar-refractivity contribution in [3.8, 4) is 28.4 Å². The number of halogens is 4. The Labute approximate surface area is 249 Å². The van der Waals surface area contributed by atoms with Crippen LogP contribution in [0.2, 0.25) is 0 Å². The number of phenolic OH excluding ortho intramolecular Hbond substituents is 2. The van der Waals surface area contributed by atoms with Crippen molar-refractivity contribution in [2.45, 2.75) is 23.7 Å². The average Bonchev–Trinajstić information content (AvgIpc) is 2.89. The molecule has 0 atom stereocenters. The zero-order chi connectivity index (χ0) is 28.6. The summed E-state index contributed by atoms with van der Waals surface area (Å²) >= 11 is 0. The van der Waals surface area contributed by atoms with Crippen LogP contribution in [0, 0.1) is 0 Å². The minimum absolute atomic E-state index is 0. The average molecular weight is 585 g/mol. The van der Waals surface area contributed by atoms with Gasteiger partial charge in [0.1, 0.15) is 17.2 Å². The van der Waals surface area contributed by atoms with Gasteiger partial charge in [-0.25, -0.2) is 8.42 Å². The Bertz CT molecular complexity index is 1510. The Morgan fingerprint density at radius 2 is 0.975 bits per heavy atom. The van der Waals surface area contributed by atoms with E-state index in [1.54, 1.807) is 60.7 Å². The molecule has 0 saturated heterocycles. The van der Waals surface area contributed by atoms with Crippen molar-refractivity contribution >= 4 is 10.1 Å². The third-order valence-corrected chi connectivity index (χ3v) is 7.30. The predicted molar refractivity (Wildman–Crippen MR) is 134 cm³/mol. The fourth-order valence-electron chi connectivity index (χ4n) is 4.15. The molecule has 2 N–H and O–H groups in total. The molecule has 0 heterocycles. The van der Waals surface area contributed by atoms with Crippen LogP contribution in [0.15, 0.2) is 97.1 Å². The van der Waals surface area contributed by atoms with Crippen molar-refractivity contribution < 1.29 is 75.0 Å². The maximum atomic E-state index is 13.7. The summed E-state index contributed by atoms with van der Waals surface area (Å²) in [5.74, 6) is -0.563. The van der Waals surface area contributed by atoms with Gasteiger partial charge in [0.05, 0.1) is 0 Å². The molecule has 0 radical (unpaired) electrons. The van der Waals surface area contributed by atoms with Gasteiger partial charge in [-0.2, -0.15) is 17.6 Å². The first-order valence-electron chi connectivity index (χ1n) is 11.4. The van der Waals surface area contributed by atoms with Gasteiger partial charge in [-0.1, -0.05) is 60.7 Å². The number of aromatic hydroxyl groups is 2. The van der Waals surface area contributed by atoms with E-state index in [1.807, 2.05) is 19.1 Å². The SMILES string of the molecule is CC(c1ccc(O)cc1)(c1ccc(O)cc1)c1ccc(-c2ccc(OC(F)(F)C(F)(F)S(=O)(=O)[O-])cc2)cc1.[Na+]. The number of ether oxygens (including phenoxy) is 1. The smallest absolute Gasteiger partial charge is 0.743 e. The van der Waals surface area contributed by atoms with E-state index >= 15 is 0 Å². The van der Waals surface area contributed by atoms with Gasteiger partial charge in [-0.3, -0.25) is 0 Å². The standard InChI is InChI=1S/C28H22F4O6S.Na/c1-26(21-8-12-23(33)13-9-21,22-10-14-24(34)15-11-22)20-6-2-18(3-7-20)19-4-16-25(17-5-19)38-27(29,30)28(31,32)39(35,36)37;/h2-17,33-34H,1H3,(H,35,36,37);/q;+1/p-1. The zero-order valence-corrected chi connectivity index (χ0v) is 24.0. The number of hydrogen-bond acceptors (Lipinski definition) is 6. The van der Waals surface area contributed by atoms with Gasteiger partial charge in [-0.05, 0) is 71.1 Å².